The highest BCUT2D eigenvalue weighted by Crippen LogP contribution is 2.48. The lowest BCUT2D eigenvalue weighted by molar-refractivity contribution is -0.191. The minimum Gasteiger partial charge on any atom is -0.497 e. The molecule has 4 nitrogen and oxygen atoms in total. The Labute approximate surface area is 119 Å². The van der Waals surface area contributed by atoms with Crippen molar-refractivity contribution in [3.8, 4) is 5.75 Å². The van der Waals surface area contributed by atoms with Gasteiger partial charge in [0.05, 0.1) is 13.2 Å². The first kappa shape index (κ1) is 13.4. The number of ether oxygens (including phenoxy) is 2. The van der Waals surface area contributed by atoms with E-state index in [1.54, 1.807) is 7.11 Å². The standard InChI is InChI=1S/C16H21NO3/c1-11-15(18)17(2)14-8-5-9-16(14,20-11)12-6-4-7-13(10-12)19-3/h4,6-7,10-11,14H,5,8-9H2,1-3H3. The van der Waals surface area contributed by atoms with Crippen molar-refractivity contribution in [1.82, 2.24) is 4.90 Å². The van der Waals surface area contributed by atoms with Gasteiger partial charge in [-0.3, -0.25) is 4.79 Å². The fourth-order valence-corrected chi connectivity index (χ4v) is 3.70. The Morgan fingerprint density at radius 3 is 3.00 bits per heavy atom. The summed E-state index contributed by atoms with van der Waals surface area (Å²) in [5.41, 5.74) is 0.738. The van der Waals surface area contributed by atoms with Crippen molar-refractivity contribution >= 4 is 5.91 Å². The first-order valence-corrected chi connectivity index (χ1v) is 7.17. The molecule has 0 aromatic heterocycles. The molecule has 4 heteroatoms. The van der Waals surface area contributed by atoms with Crippen molar-refractivity contribution in [2.45, 2.75) is 43.9 Å². The zero-order valence-electron chi connectivity index (χ0n) is 12.3. The lowest BCUT2D eigenvalue weighted by atomic mass is 9.85. The highest BCUT2D eigenvalue weighted by Gasteiger charge is 2.53. The number of fused-ring (bicyclic) bond motifs is 1. The van der Waals surface area contributed by atoms with Crippen molar-refractivity contribution in [3.05, 3.63) is 29.8 Å². The average molecular weight is 275 g/mol. The molecule has 1 aromatic rings. The topological polar surface area (TPSA) is 38.8 Å². The molecule has 0 radical (unpaired) electrons. The number of carbonyl (C=O) groups is 1. The predicted molar refractivity (Wildman–Crippen MR) is 75.6 cm³/mol. The van der Waals surface area contributed by atoms with Crippen LogP contribution in [0.5, 0.6) is 5.75 Å². The van der Waals surface area contributed by atoms with Gasteiger partial charge in [-0.2, -0.15) is 0 Å². The third-order valence-corrected chi connectivity index (χ3v) is 4.67. The number of hydrogen-bond donors (Lipinski definition) is 0. The van der Waals surface area contributed by atoms with Crippen LogP contribution in [0.1, 0.15) is 31.7 Å². The van der Waals surface area contributed by atoms with E-state index in [2.05, 4.69) is 6.07 Å². The molecule has 3 atom stereocenters. The quantitative estimate of drug-likeness (QED) is 0.831. The van der Waals surface area contributed by atoms with Crippen molar-refractivity contribution in [1.29, 1.82) is 0 Å². The van der Waals surface area contributed by atoms with E-state index in [0.717, 1.165) is 30.6 Å². The van der Waals surface area contributed by atoms with Crippen molar-refractivity contribution in [2.24, 2.45) is 0 Å². The van der Waals surface area contributed by atoms with Crippen LogP contribution in [0, 0.1) is 0 Å². The summed E-state index contributed by atoms with van der Waals surface area (Å²) in [4.78, 5) is 14.0. The SMILES string of the molecule is COc1cccc(C23CCCC2N(C)C(=O)C(C)O3)c1. The van der Waals surface area contributed by atoms with Crippen LogP contribution in [-0.2, 0) is 15.1 Å². The number of morpholine rings is 1. The molecule has 0 N–H and O–H groups in total. The lowest BCUT2D eigenvalue weighted by Gasteiger charge is -2.47. The number of hydrogen-bond acceptors (Lipinski definition) is 3. The molecule has 2 fully saturated rings. The van der Waals surface area contributed by atoms with E-state index >= 15 is 0 Å². The molecule has 1 saturated carbocycles. The first-order chi connectivity index (χ1) is 9.58. The number of benzene rings is 1. The number of nitrogens with zero attached hydrogens (tertiary/aromatic N) is 1. The molecule has 0 bridgehead atoms. The second-order valence-corrected chi connectivity index (χ2v) is 5.74. The van der Waals surface area contributed by atoms with Gasteiger partial charge in [0.25, 0.3) is 5.91 Å². The van der Waals surface area contributed by atoms with Gasteiger partial charge in [0.1, 0.15) is 17.5 Å². The van der Waals surface area contributed by atoms with Gasteiger partial charge in [0.2, 0.25) is 0 Å². The van der Waals surface area contributed by atoms with Crippen molar-refractivity contribution in [2.75, 3.05) is 14.2 Å². The summed E-state index contributed by atoms with van der Waals surface area (Å²) in [5.74, 6) is 0.911. The molecule has 1 aliphatic heterocycles. The average Bonchev–Trinajstić information content (AvgIpc) is 2.90. The summed E-state index contributed by atoms with van der Waals surface area (Å²) in [6.45, 7) is 1.84. The minimum atomic E-state index is -0.388. The minimum absolute atomic E-state index is 0.0791. The van der Waals surface area contributed by atoms with Gasteiger partial charge in [-0.05, 0) is 43.9 Å². The molecule has 3 unspecified atom stereocenters. The van der Waals surface area contributed by atoms with Crippen LogP contribution in [0.15, 0.2) is 24.3 Å². The monoisotopic (exact) mass is 275 g/mol. The van der Waals surface area contributed by atoms with Gasteiger partial charge in [0, 0.05) is 7.05 Å². The van der Waals surface area contributed by atoms with E-state index in [9.17, 15) is 4.79 Å². The van der Waals surface area contributed by atoms with Gasteiger partial charge in [0.15, 0.2) is 0 Å². The van der Waals surface area contributed by atoms with Crippen molar-refractivity contribution in [3.63, 3.8) is 0 Å². The van der Waals surface area contributed by atoms with Crippen LogP contribution in [0.3, 0.4) is 0 Å². The number of carbonyl (C=O) groups excluding carboxylic acids is 1. The lowest BCUT2D eigenvalue weighted by Crippen LogP contribution is -2.59. The highest BCUT2D eigenvalue weighted by molar-refractivity contribution is 5.81. The van der Waals surface area contributed by atoms with Crippen LogP contribution in [0.2, 0.25) is 0 Å². The fraction of sp³-hybridized carbons (Fsp3) is 0.562. The highest BCUT2D eigenvalue weighted by atomic mass is 16.5. The molecule has 1 aliphatic carbocycles. The third kappa shape index (κ3) is 1.82. The zero-order valence-corrected chi connectivity index (χ0v) is 12.3. The smallest absolute Gasteiger partial charge is 0.251 e. The normalized spacial score (nSPS) is 33.1. The maximum Gasteiger partial charge on any atom is 0.251 e. The number of methoxy groups -OCH3 is 1. The second kappa shape index (κ2) is 4.77. The van der Waals surface area contributed by atoms with E-state index in [4.69, 9.17) is 9.47 Å². The first-order valence-electron chi connectivity index (χ1n) is 7.17. The van der Waals surface area contributed by atoms with Crippen LogP contribution in [-0.4, -0.2) is 37.1 Å². The predicted octanol–water partition coefficient (Wildman–Crippen LogP) is 2.32. The summed E-state index contributed by atoms with van der Waals surface area (Å²) in [6, 6.07) is 8.16. The summed E-state index contributed by atoms with van der Waals surface area (Å²) in [5, 5.41) is 0. The van der Waals surface area contributed by atoms with E-state index < -0.39 is 0 Å². The molecular formula is C16H21NO3. The maximum atomic E-state index is 12.1. The third-order valence-electron chi connectivity index (χ3n) is 4.67. The Hall–Kier alpha value is -1.55. The van der Waals surface area contributed by atoms with E-state index in [1.807, 2.05) is 37.1 Å². The van der Waals surface area contributed by atoms with Gasteiger partial charge in [-0.1, -0.05) is 12.1 Å². The molecular weight excluding hydrogens is 254 g/mol. The van der Waals surface area contributed by atoms with Gasteiger partial charge in [-0.25, -0.2) is 0 Å². The van der Waals surface area contributed by atoms with Crippen LogP contribution >= 0.6 is 0 Å². The van der Waals surface area contributed by atoms with E-state index in [0.29, 0.717) is 0 Å². The molecule has 1 amide bonds. The Morgan fingerprint density at radius 2 is 2.25 bits per heavy atom. The number of amides is 1. The molecule has 2 aliphatic rings. The molecule has 1 saturated heterocycles. The number of likely N-dealkylation sites (N-methyl/N-ethyl adjacent to an activating group) is 1. The Morgan fingerprint density at radius 1 is 1.45 bits per heavy atom. The molecule has 0 spiro atoms. The Balaban J connectivity index is 2.05. The Kier molecular flexibility index (Phi) is 3.21. The molecule has 108 valence electrons. The maximum absolute atomic E-state index is 12.1. The van der Waals surface area contributed by atoms with Crippen LogP contribution < -0.4 is 4.74 Å². The molecule has 1 heterocycles. The molecule has 1 aromatic carbocycles. The van der Waals surface area contributed by atoms with Gasteiger partial charge < -0.3 is 14.4 Å². The van der Waals surface area contributed by atoms with Crippen LogP contribution in [0.4, 0.5) is 0 Å². The largest absolute Gasteiger partial charge is 0.497 e. The summed E-state index contributed by atoms with van der Waals surface area (Å²) >= 11 is 0. The van der Waals surface area contributed by atoms with E-state index in [1.165, 1.54) is 0 Å². The van der Waals surface area contributed by atoms with Gasteiger partial charge >= 0.3 is 0 Å². The second-order valence-electron chi connectivity index (χ2n) is 5.74. The zero-order chi connectivity index (χ0) is 14.3. The van der Waals surface area contributed by atoms with Crippen LogP contribution in [0.25, 0.3) is 0 Å². The number of rotatable bonds is 2. The molecule has 3 rings (SSSR count). The van der Waals surface area contributed by atoms with Crippen molar-refractivity contribution < 1.29 is 14.3 Å². The Bertz CT molecular complexity index is 530. The van der Waals surface area contributed by atoms with E-state index in [-0.39, 0.29) is 23.7 Å². The summed E-state index contributed by atoms with van der Waals surface area (Å²) in [7, 11) is 3.56. The van der Waals surface area contributed by atoms with Gasteiger partial charge in [-0.15, -0.1) is 0 Å². The molecule has 20 heavy (non-hydrogen) atoms. The summed E-state index contributed by atoms with van der Waals surface area (Å²) in [6.07, 6.45) is 2.63. The summed E-state index contributed by atoms with van der Waals surface area (Å²) < 4.78 is 11.5. The fourth-order valence-electron chi connectivity index (χ4n) is 3.70.